The second kappa shape index (κ2) is 4.25. The van der Waals surface area contributed by atoms with Crippen LogP contribution in [0.2, 0.25) is 0 Å². The van der Waals surface area contributed by atoms with Crippen molar-refractivity contribution in [3.8, 4) is 0 Å². The predicted molar refractivity (Wildman–Crippen MR) is 72.8 cm³/mol. The zero-order chi connectivity index (χ0) is 11.8. The van der Waals surface area contributed by atoms with E-state index in [0.717, 1.165) is 30.1 Å². The fourth-order valence-electron chi connectivity index (χ4n) is 1.48. The predicted octanol–water partition coefficient (Wildman–Crippen LogP) is 3.19. The number of nitrogens with zero attached hydrogens (tertiary/aromatic N) is 3. The van der Waals surface area contributed by atoms with E-state index in [2.05, 4.69) is 15.2 Å². The lowest BCUT2D eigenvalue weighted by Gasteiger charge is -2.02. The van der Waals surface area contributed by atoms with E-state index in [1.54, 1.807) is 16.8 Å². The zero-order valence-corrected chi connectivity index (χ0v) is 11.3. The largest absolute Gasteiger partial charge is 0.398 e. The molecule has 1 aromatic carbocycles. The Morgan fingerprint density at radius 3 is 3.00 bits per heavy atom. The standard InChI is InChI=1S/C10H8N4S3/c1-5-13-7-3-8(6(11)2-9(7)16-5)17-10-14-12-4-15-10/h2-4H,11H2,1H3. The van der Waals surface area contributed by atoms with Crippen molar-refractivity contribution < 1.29 is 0 Å². The van der Waals surface area contributed by atoms with Gasteiger partial charge in [0.1, 0.15) is 5.51 Å². The molecule has 4 nitrogen and oxygen atoms in total. The molecule has 3 rings (SSSR count). The quantitative estimate of drug-likeness (QED) is 0.730. The molecule has 0 atom stereocenters. The Morgan fingerprint density at radius 1 is 1.35 bits per heavy atom. The second-order valence-corrected chi connectivity index (χ2v) is 6.75. The first-order valence-corrected chi connectivity index (χ1v) is 7.34. The smallest absolute Gasteiger partial charge is 0.178 e. The summed E-state index contributed by atoms with van der Waals surface area (Å²) in [6.07, 6.45) is 0. The van der Waals surface area contributed by atoms with Gasteiger partial charge in [0.15, 0.2) is 4.34 Å². The Hall–Kier alpha value is -1.18. The van der Waals surface area contributed by atoms with Gasteiger partial charge in [-0.15, -0.1) is 21.5 Å². The Bertz CT molecular complexity index is 660. The number of nitrogens with two attached hydrogens (primary N) is 1. The van der Waals surface area contributed by atoms with Gasteiger partial charge in [-0.3, -0.25) is 0 Å². The average molecular weight is 280 g/mol. The molecule has 0 amide bonds. The third-order valence-electron chi connectivity index (χ3n) is 2.16. The third-order valence-corrected chi connectivity index (χ3v) is 4.95. The van der Waals surface area contributed by atoms with Crippen LogP contribution in [0.15, 0.2) is 26.9 Å². The summed E-state index contributed by atoms with van der Waals surface area (Å²) in [6.45, 7) is 2.00. The summed E-state index contributed by atoms with van der Waals surface area (Å²) in [7, 11) is 0. The Morgan fingerprint density at radius 2 is 2.24 bits per heavy atom. The number of benzene rings is 1. The molecule has 3 aromatic rings. The lowest BCUT2D eigenvalue weighted by atomic mass is 10.3. The van der Waals surface area contributed by atoms with Crippen LogP contribution in [0.25, 0.3) is 10.2 Å². The zero-order valence-electron chi connectivity index (χ0n) is 8.88. The highest BCUT2D eigenvalue weighted by Crippen LogP contribution is 2.36. The van der Waals surface area contributed by atoms with Gasteiger partial charge in [0.05, 0.1) is 15.2 Å². The van der Waals surface area contributed by atoms with Crippen molar-refractivity contribution >= 4 is 50.3 Å². The molecule has 7 heteroatoms. The van der Waals surface area contributed by atoms with E-state index in [-0.39, 0.29) is 0 Å². The first-order valence-electron chi connectivity index (χ1n) is 4.83. The molecule has 0 bridgehead atoms. The maximum Gasteiger partial charge on any atom is 0.178 e. The molecule has 0 aliphatic rings. The molecule has 17 heavy (non-hydrogen) atoms. The summed E-state index contributed by atoms with van der Waals surface area (Å²) >= 11 is 4.69. The molecule has 2 aromatic heterocycles. The number of thiazole rings is 1. The molecular weight excluding hydrogens is 272 g/mol. The van der Waals surface area contributed by atoms with Crippen molar-refractivity contribution in [2.24, 2.45) is 0 Å². The summed E-state index contributed by atoms with van der Waals surface area (Å²) in [6, 6.07) is 3.99. The topological polar surface area (TPSA) is 64.7 Å². The maximum atomic E-state index is 6.03. The summed E-state index contributed by atoms with van der Waals surface area (Å²) in [5.74, 6) is 0. The van der Waals surface area contributed by atoms with Gasteiger partial charge in [0, 0.05) is 10.6 Å². The van der Waals surface area contributed by atoms with Crippen molar-refractivity contribution in [3.05, 3.63) is 22.7 Å². The highest BCUT2D eigenvalue weighted by Gasteiger charge is 2.09. The maximum absolute atomic E-state index is 6.03. The molecule has 2 heterocycles. The normalized spacial score (nSPS) is 11.1. The summed E-state index contributed by atoms with van der Waals surface area (Å²) in [5, 5.41) is 8.86. The van der Waals surface area contributed by atoms with Crippen molar-refractivity contribution in [1.82, 2.24) is 15.2 Å². The summed E-state index contributed by atoms with van der Waals surface area (Å²) in [4.78, 5) is 5.45. The van der Waals surface area contributed by atoms with Crippen LogP contribution in [0.1, 0.15) is 5.01 Å². The van der Waals surface area contributed by atoms with E-state index in [0.29, 0.717) is 0 Å². The minimum Gasteiger partial charge on any atom is -0.398 e. The fourth-order valence-corrected chi connectivity index (χ4v) is 3.83. The Labute approximate surface area is 110 Å². The van der Waals surface area contributed by atoms with Gasteiger partial charge in [-0.1, -0.05) is 23.1 Å². The molecular formula is C10H8N4S3. The minimum atomic E-state index is 0.765. The molecule has 0 radical (unpaired) electrons. The first-order chi connectivity index (χ1) is 8.22. The lowest BCUT2D eigenvalue weighted by molar-refractivity contribution is 1.01. The van der Waals surface area contributed by atoms with Crippen molar-refractivity contribution in [2.45, 2.75) is 16.2 Å². The van der Waals surface area contributed by atoms with Gasteiger partial charge in [-0.25, -0.2) is 4.98 Å². The van der Waals surface area contributed by atoms with Crippen LogP contribution in [0.4, 0.5) is 5.69 Å². The van der Waals surface area contributed by atoms with E-state index in [1.807, 2.05) is 19.1 Å². The van der Waals surface area contributed by atoms with Crippen LogP contribution < -0.4 is 5.73 Å². The molecule has 0 saturated heterocycles. The van der Waals surface area contributed by atoms with Crippen molar-refractivity contribution in [1.29, 1.82) is 0 Å². The van der Waals surface area contributed by atoms with E-state index in [1.165, 1.54) is 23.1 Å². The number of rotatable bonds is 2. The highest BCUT2D eigenvalue weighted by molar-refractivity contribution is 8.01. The van der Waals surface area contributed by atoms with Crippen LogP contribution in [0, 0.1) is 6.92 Å². The van der Waals surface area contributed by atoms with Gasteiger partial charge in [-0.05, 0) is 19.1 Å². The van der Waals surface area contributed by atoms with Gasteiger partial charge >= 0.3 is 0 Å². The molecule has 0 fully saturated rings. The van der Waals surface area contributed by atoms with Gasteiger partial charge in [-0.2, -0.15) is 0 Å². The van der Waals surface area contributed by atoms with Crippen LogP contribution in [-0.2, 0) is 0 Å². The number of aromatic nitrogens is 3. The van der Waals surface area contributed by atoms with Crippen molar-refractivity contribution in [3.63, 3.8) is 0 Å². The molecule has 86 valence electrons. The fraction of sp³-hybridized carbons (Fsp3) is 0.100. The number of hydrogen-bond donors (Lipinski definition) is 1. The second-order valence-electron chi connectivity index (χ2n) is 3.40. The number of anilines is 1. The number of fused-ring (bicyclic) bond motifs is 1. The molecule has 2 N–H and O–H groups in total. The average Bonchev–Trinajstić information content (AvgIpc) is 2.87. The van der Waals surface area contributed by atoms with Gasteiger partial charge in [0.25, 0.3) is 0 Å². The summed E-state index contributed by atoms with van der Waals surface area (Å²) < 4.78 is 2.02. The van der Waals surface area contributed by atoms with Crippen LogP contribution >= 0.6 is 34.4 Å². The van der Waals surface area contributed by atoms with Crippen LogP contribution in [-0.4, -0.2) is 15.2 Å². The van der Waals surface area contributed by atoms with E-state index in [9.17, 15) is 0 Å². The van der Waals surface area contributed by atoms with Gasteiger partial charge in [0.2, 0.25) is 0 Å². The Balaban J connectivity index is 2.06. The minimum absolute atomic E-state index is 0.765. The first kappa shape index (κ1) is 10.9. The third kappa shape index (κ3) is 2.13. The van der Waals surface area contributed by atoms with Gasteiger partial charge < -0.3 is 5.73 Å². The molecule has 0 unspecified atom stereocenters. The van der Waals surface area contributed by atoms with E-state index in [4.69, 9.17) is 5.73 Å². The molecule has 0 spiro atoms. The Kier molecular flexibility index (Phi) is 2.73. The van der Waals surface area contributed by atoms with E-state index >= 15 is 0 Å². The molecule has 0 saturated carbocycles. The van der Waals surface area contributed by atoms with Crippen LogP contribution in [0.3, 0.4) is 0 Å². The van der Waals surface area contributed by atoms with Crippen LogP contribution in [0.5, 0.6) is 0 Å². The molecule has 0 aliphatic carbocycles. The number of hydrogen-bond acceptors (Lipinski definition) is 7. The van der Waals surface area contributed by atoms with Crippen molar-refractivity contribution in [2.75, 3.05) is 5.73 Å². The molecule has 0 aliphatic heterocycles. The summed E-state index contributed by atoms with van der Waals surface area (Å²) in [5.41, 5.74) is 9.50. The lowest BCUT2D eigenvalue weighted by Crippen LogP contribution is -1.88. The number of nitrogen functional groups attached to an aromatic ring is 1. The number of aryl methyl sites for hydroxylation is 1. The highest BCUT2D eigenvalue weighted by atomic mass is 32.2. The SMILES string of the molecule is Cc1nc2cc(Sc3nncs3)c(N)cc2s1. The monoisotopic (exact) mass is 280 g/mol. The van der Waals surface area contributed by atoms with E-state index < -0.39 is 0 Å².